The molecule has 0 bridgehead atoms. The fraction of sp³-hybridized carbons (Fsp3) is 0.0278. The summed E-state index contributed by atoms with van der Waals surface area (Å²) in [5, 5.41) is 8.58. The Morgan fingerprint density at radius 2 is 1.48 bits per heavy atom. The molecule has 10 heteroatoms. The summed E-state index contributed by atoms with van der Waals surface area (Å²) in [5.74, 6) is -1.09. The standard InChI is InChI=1S/C36H27N5O3S2/c42-33(26-13-5-2-6-14-26)39-30(22-24-10-9-21-37-23-24)34(43)38-27-17-19-28(20-18-27)45-32(25-11-3-1-4-12-25)35(44)41-36-40-29-15-7-8-16-31(29)46-36/h1-23,32H,(H,38,43)(H,39,42)(H,40,41,44)/b30-22-. The Hall–Kier alpha value is -5.58. The van der Waals surface area contributed by atoms with E-state index in [0.717, 1.165) is 20.7 Å². The Balaban J connectivity index is 1.17. The lowest BCUT2D eigenvalue weighted by molar-refractivity contribution is -0.116. The number of aromatic nitrogens is 2. The summed E-state index contributed by atoms with van der Waals surface area (Å²) in [5.41, 5.74) is 3.36. The van der Waals surface area contributed by atoms with Crippen LogP contribution in [0.4, 0.5) is 10.8 Å². The third kappa shape index (κ3) is 7.73. The van der Waals surface area contributed by atoms with Crippen molar-refractivity contribution in [2.45, 2.75) is 10.1 Å². The molecule has 6 rings (SSSR count). The van der Waals surface area contributed by atoms with Crippen molar-refractivity contribution in [1.29, 1.82) is 0 Å². The summed E-state index contributed by atoms with van der Waals surface area (Å²) in [6.07, 6.45) is 4.80. The molecule has 1 atom stereocenters. The van der Waals surface area contributed by atoms with E-state index in [1.807, 2.05) is 72.8 Å². The van der Waals surface area contributed by atoms with Crippen LogP contribution in [0.25, 0.3) is 16.3 Å². The molecule has 1 unspecified atom stereocenters. The van der Waals surface area contributed by atoms with E-state index in [1.165, 1.54) is 23.1 Å². The fourth-order valence-corrected chi connectivity index (χ4v) is 6.41. The van der Waals surface area contributed by atoms with Crippen molar-refractivity contribution in [2.24, 2.45) is 0 Å². The minimum atomic E-state index is -0.545. The first-order valence-electron chi connectivity index (χ1n) is 14.3. The third-order valence-electron chi connectivity index (χ3n) is 6.75. The number of para-hydroxylation sites is 1. The van der Waals surface area contributed by atoms with Crippen molar-refractivity contribution in [3.63, 3.8) is 0 Å². The number of pyridine rings is 1. The summed E-state index contributed by atoms with van der Waals surface area (Å²) in [6, 6.07) is 36.7. The highest BCUT2D eigenvalue weighted by atomic mass is 32.2. The molecule has 226 valence electrons. The number of carbonyl (C=O) groups excluding carboxylic acids is 3. The molecule has 0 aliphatic heterocycles. The van der Waals surface area contributed by atoms with E-state index in [4.69, 9.17) is 0 Å². The van der Waals surface area contributed by atoms with Gasteiger partial charge in [0.2, 0.25) is 5.91 Å². The lowest BCUT2D eigenvalue weighted by Crippen LogP contribution is -2.30. The van der Waals surface area contributed by atoms with Gasteiger partial charge >= 0.3 is 0 Å². The van der Waals surface area contributed by atoms with Crippen LogP contribution in [-0.2, 0) is 9.59 Å². The molecule has 0 saturated heterocycles. The summed E-state index contributed by atoms with van der Waals surface area (Å²) < 4.78 is 0.998. The maximum absolute atomic E-state index is 13.6. The first-order chi connectivity index (χ1) is 22.5. The van der Waals surface area contributed by atoms with Gasteiger partial charge in [-0.3, -0.25) is 19.4 Å². The Morgan fingerprint density at radius 1 is 0.761 bits per heavy atom. The van der Waals surface area contributed by atoms with Crippen LogP contribution >= 0.6 is 23.1 Å². The van der Waals surface area contributed by atoms with Crippen LogP contribution in [0.2, 0.25) is 0 Å². The Labute approximate surface area is 273 Å². The molecule has 0 aliphatic rings. The molecular weight excluding hydrogens is 615 g/mol. The summed E-state index contributed by atoms with van der Waals surface area (Å²) in [7, 11) is 0. The van der Waals surface area contributed by atoms with Crippen LogP contribution in [0.15, 0.2) is 144 Å². The van der Waals surface area contributed by atoms with Gasteiger partial charge in [0.05, 0.1) is 10.2 Å². The molecule has 0 spiro atoms. The number of nitrogens with zero attached hydrogens (tertiary/aromatic N) is 2. The lowest BCUT2D eigenvalue weighted by atomic mass is 10.1. The maximum Gasteiger partial charge on any atom is 0.272 e. The van der Waals surface area contributed by atoms with Gasteiger partial charge in [0.25, 0.3) is 11.8 Å². The molecule has 8 nitrogen and oxygen atoms in total. The summed E-state index contributed by atoms with van der Waals surface area (Å²) in [6.45, 7) is 0. The Kier molecular flexibility index (Phi) is 9.58. The number of anilines is 2. The number of nitrogens with one attached hydrogen (secondary N) is 3. The number of rotatable bonds is 10. The van der Waals surface area contributed by atoms with Gasteiger partial charge in [-0.15, -0.1) is 11.8 Å². The van der Waals surface area contributed by atoms with Crippen LogP contribution in [0.3, 0.4) is 0 Å². The number of benzene rings is 4. The Bertz CT molecular complexity index is 1970. The van der Waals surface area contributed by atoms with Crippen molar-refractivity contribution >= 4 is 67.9 Å². The van der Waals surface area contributed by atoms with Crippen molar-refractivity contribution in [2.75, 3.05) is 10.6 Å². The topological polar surface area (TPSA) is 113 Å². The molecule has 0 saturated carbocycles. The highest BCUT2D eigenvalue weighted by Gasteiger charge is 2.23. The molecule has 4 aromatic carbocycles. The highest BCUT2D eigenvalue weighted by Crippen LogP contribution is 2.37. The number of fused-ring (bicyclic) bond motifs is 1. The number of carbonyl (C=O) groups is 3. The van der Waals surface area contributed by atoms with E-state index in [1.54, 1.807) is 67.0 Å². The van der Waals surface area contributed by atoms with Gasteiger partial charge in [-0.25, -0.2) is 4.98 Å². The second kappa shape index (κ2) is 14.5. The second-order valence-corrected chi connectivity index (χ2v) is 12.2. The molecule has 3 N–H and O–H groups in total. The minimum Gasteiger partial charge on any atom is -0.321 e. The molecule has 0 radical (unpaired) electrons. The first kappa shape index (κ1) is 30.4. The number of thiazole rings is 1. The van der Waals surface area contributed by atoms with E-state index >= 15 is 0 Å². The number of amides is 3. The van der Waals surface area contributed by atoms with Crippen molar-refractivity contribution < 1.29 is 14.4 Å². The van der Waals surface area contributed by atoms with Crippen LogP contribution in [0.5, 0.6) is 0 Å². The predicted molar refractivity (Wildman–Crippen MR) is 184 cm³/mol. The zero-order chi connectivity index (χ0) is 31.7. The van der Waals surface area contributed by atoms with Gasteiger partial charge in [0.1, 0.15) is 10.9 Å². The fourth-order valence-electron chi connectivity index (χ4n) is 4.52. The van der Waals surface area contributed by atoms with Crippen LogP contribution in [-0.4, -0.2) is 27.7 Å². The van der Waals surface area contributed by atoms with E-state index in [-0.39, 0.29) is 11.6 Å². The number of hydrogen-bond acceptors (Lipinski definition) is 7. The van der Waals surface area contributed by atoms with Gasteiger partial charge in [0, 0.05) is 28.5 Å². The smallest absolute Gasteiger partial charge is 0.272 e. The molecule has 2 heterocycles. The van der Waals surface area contributed by atoms with Crippen LogP contribution in [0.1, 0.15) is 26.7 Å². The SMILES string of the molecule is O=C(Nc1ccc(SC(C(=O)Nc2nc3ccccc3s2)c2ccccc2)cc1)/C(=C/c1cccnc1)NC(=O)c1ccccc1. The van der Waals surface area contributed by atoms with Gasteiger partial charge in [-0.2, -0.15) is 0 Å². The average molecular weight is 642 g/mol. The highest BCUT2D eigenvalue weighted by molar-refractivity contribution is 8.00. The van der Waals surface area contributed by atoms with Gasteiger partial charge in [0.15, 0.2) is 5.13 Å². The largest absolute Gasteiger partial charge is 0.321 e. The zero-order valence-corrected chi connectivity index (χ0v) is 25.9. The summed E-state index contributed by atoms with van der Waals surface area (Å²) in [4.78, 5) is 49.3. The Morgan fingerprint density at radius 3 is 2.20 bits per heavy atom. The second-order valence-electron chi connectivity index (χ2n) is 10.0. The zero-order valence-electron chi connectivity index (χ0n) is 24.3. The molecule has 2 aromatic heterocycles. The van der Waals surface area contributed by atoms with Gasteiger partial charge in [-0.05, 0) is 71.8 Å². The van der Waals surface area contributed by atoms with E-state index < -0.39 is 17.1 Å². The molecule has 6 aromatic rings. The lowest BCUT2D eigenvalue weighted by Gasteiger charge is -2.16. The van der Waals surface area contributed by atoms with E-state index in [9.17, 15) is 14.4 Å². The minimum absolute atomic E-state index is 0.0657. The molecule has 0 aliphatic carbocycles. The maximum atomic E-state index is 13.6. The molecule has 3 amide bonds. The van der Waals surface area contributed by atoms with Crippen molar-refractivity contribution in [3.8, 4) is 0 Å². The van der Waals surface area contributed by atoms with E-state index in [0.29, 0.717) is 21.9 Å². The van der Waals surface area contributed by atoms with Crippen LogP contribution < -0.4 is 16.0 Å². The average Bonchev–Trinajstić information content (AvgIpc) is 3.51. The predicted octanol–water partition coefficient (Wildman–Crippen LogP) is 7.57. The molecule has 46 heavy (non-hydrogen) atoms. The third-order valence-corrected chi connectivity index (χ3v) is 8.97. The van der Waals surface area contributed by atoms with Crippen molar-refractivity contribution in [1.82, 2.24) is 15.3 Å². The molecular formula is C36H27N5O3S2. The quantitative estimate of drug-likeness (QED) is 0.105. The number of hydrogen-bond donors (Lipinski definition) is 3. The molecule has 0 fully saturated rings. The van der Waals surface area contributed by atoms with Gasteiger partial charge < -0.3 is 16.0 Å². The monoisotopic (exact) mass is 641 g/mol. The van der Waals surface area contributed by atoms with E-state index in [2.05, 4.69) is 25.9 Å². The first-order valence-corrected chi connectivity index (χ1v) is 16.0. The normalized spacial score (nSPS) is 11.9. The van der Waals surface area contributed by atoms with Crippen molar-refractivity contribution in [3.05, 3.63) is 156 Å². The van der Waals surface area contributed by atoms with Gasteiger partial charge in [-0.1, -0.05) is 78.1 Å². The summed E-state index contributed by atoms with van der Waals surface area (Å²) >= 11 is 2.82. The van der Waals surface area contributed by atoms with Crippen LogP contribution in [0, 0.1) is 0 Å². The number of thioether (sulfide) groups is 1.